The molecule has 0 radical (unpaired) electrons. The van der Waals surface area contributed by atoms with Gasteiger partial charge in [-0.15, -0.1) is 0 Å². The van der Waals surface area contributed by atoms with Gasteiger partial charge in [-0.2, -0.15) is 0 Å². The number of hydrogen-bond donors (Lipinski definition) is 1. The lowest BCUT2D eigenvalue weighted by Crippen LogP contribution is -2.13. The first-order valence-electron chi connectivity index (χ1n) is 5.11. The quantitative estimate of drug-likeness (QED) is 0.919. The fraction of sp³-hybridized carbons (Fsp3) is 0.0833. The minimum atomic E-state index is -0.359. The number of nitrogens with one attached hydrogen (secondary N) is 1. The van der Waals surface area contributed by atoms with E-state index >= 15 is 0 Å². The zero-order valence-electron chi connectivity index (χ0n) is 9.45. The fourth-order valence-corrected chi connectivity index (χ4v) is 1.73. The van der Waals surface area contributed by atoms with Crippen LogP contribution in [0.5, 0.6) is 0 Å². The van der Waals surface area contributed by atoms with E-state index < -0.39 is 0 Å². The molecule has 2 rings (SSSR count). The molecule has 2 aromatic rings. The molecular weight excluding hydrogens is 273 g/mol. The Bertz CT molecular complexity index is 584. The van der Waals surface area contributed by atoms with Crippen molar-refractivity contribution in [1.29, 1.82) is 0 Å². The van der Waals surface area contributed by atoms with Gasteiger partial charge in [0.25, 0.3) is 5.91 Å². The van der Waals surface area contributed by atoms with Gasteiger partial charge in [0.2, 0.25) is 0 Å². The predicted octanol–water partition coefficient (Wildman–Crippen LogP) is 3.34. The molecule has 6 heteroatoms. The van der Waals surface area contributed by atoms with Crippen LogP contribution in [0.15, 0.2) is 30.6 Å². The van der Waals surface area contributed by atoms with E-state index in [2.05, 4.69) is 15.3 Å². The topological polar surface area (TPSA) is 54.9 Å². The molecular formula is C12H9Cl2N3O. The van der Waals surface area contributed by atoms with Crippen LogP contribution in [0.3, 0.4) is 0 Å². The van der Waals surface area contributed by atoms with E-state index in [4.69, 9.17) is 23.2 Å². The summed E-state index contributed by atoms with van der Waals surface area (Å²) in [6.07, 6.45) is 2.88. The van der Waals surface area contributed by atoms with E-state index in [1.54, 1.807) is 25.1 Å². The van der Waals surface area contributed by atoms with Crippen molar-refractivity contribution in [1.82, 2.24) is 9.97 Å². The van der Waals surface area contributed by atoms with Crippen molar-refractivity contribution in [3.05, 3.63) is 51.9 Å². The van der Waals surface area contributed by atoms with Crippen LogP contribution in [-0.2, 0) is 0 Å². The number of anilines is 1. The molecule has 0 saturated carbocycles. The number of halogens is 2. The van der Waals surface area contributed by atoms with Gasteiger partial charge in [-0.3, -0.25) is 9.78 Å². The van der Waals surface area contributed by atoms with Crippen LogP contribution in [-0.4, -0.2) is 15.9 Å². The van der Waals surface area contributed by atoms with Gasteiger partial charge < -0.3 is 5.32 Å². The number of aryl methyl sites for hydroxylation is 1. The molecule has 0 aliphatic rings. The van der Waals surface area contributed by atoms with Gasteiger partial charge in [0.15, 0.2) is 0 Å². The summed E-state index contributed by atoms with van der Waals surface area (Å²) >= 11 is 11.7. The Morgan fingerprint density at radius 2 is 2.00 bits per heavy atom. The second-order valence-electron chi connectivity index (χ2n) is 3.62. The minimum absolute atomic E-state index is 0.305. The van der Waals surface area contributed by atoms with Crippen molar-refractivity contribution in [2.24, 2.45) is 0 Å². The van der Waals surface area contributed by atoms with Crippen LogP contribution in [0.1, 0.15) is 16.1 Å². The summed E-state index contributed by atoms with van der Waals surface area (Å²) in [5.41, 5.74) is 1.06. The molecule has 0 saturated heterocycles. The third kappa shape index (κ3) is 2.97. The van der Waals surface area contributed by atoms with E-state index in [9.17, 15) is 4.79 Å². The van der Waals surface area contributed by atoms with Crippen molar-refractivity contribution in [2.75, 3.05) is 5.32 Å². The van der Waals surface area contributed by atoms with Crippen LogP contribution in [0.25, 0.3) is 0 Å². The summed E-state index contributed by atoms with van der Waals surface area (Å²) in [6, 6.07) is 4.88. The van der Waals surface area contributed by atoms with Crippen molar-refractivity contribution in [2.45, 2.75) is 6.92 Å². The van der Waals surface area contributed by atoms with Crippen molar-refractivity contribution in [3.8, 4) is 0 Å². The number of carbonyl (C=O) groups excluding carboxylic acids is 1. The number of nitrogens with zero attached hydrogens (tertiary/aromatic N) is 2. The van der Waals surface area contributed by atoms with Crippen molar-refractivity contribution >= 4 is 34.9 Å². The van der Waals surface area contributed by atoms with E-state index in [-0.39, 0.29) is 5.91 Å². The molecule has 1 N–H and O–H groups in total. The van der Waals surface area contributed by atoms with Gasteiger partial charge in [0.1, 0.15) is 5.82 Å². The Morgan fingerprint density at radius 1 is 1.22 bits per heavy atom. The Morgan fingerprint density at radius 3 is 2.61 bits per heavy atom. The first-order valence-corrected chi connectivity index (χ1v) is 5.87. The van der Waals surface area contributed by atoms with Gasteiger partial charge in [0.05, 0.1) is 15.6 Å². The fourth-order valence-electron chi connectivity index (χ4n) is 1.33. The van der Waals surface area contributed by atoms with Crippen LogP contribution >= 0.6 is 23.2 Å². The predicted molar refractivity (Wildman–Crippen MR) is 71.2 cm³/mol. The van der Waals surface area contributed by atoms with Crippen molar-refractivity contribution in [3.63, 3.8) is 0 Å². The molecule has 1 amide bonds. The lowest BCUT2D eigenvalue weighted by molar-refractivity contribution is 0.102. The first kappa shape index (κ1) is 12.8. The summed E-state index contributed by atoms with van der Waals surface area (Å²) in [4.78, 5) is 19.9. The second kappa shape index (κ2) is 5.33. The zero-order chi connectivity index (χ0) is 13.1. The van der Waals surface area contributed by atoms with Gasteiger partial charge in [-0.05, 0) is 25.1 Å². The summed E-state index contributed by atoms with van der Waals surface area (Å²) in [5, 5.41) is 3.47. The highest BCUT2D eigenvalue weighted by Crippen LogP contribution is 2.17. The largest absolute Gasteiger partial charge is 0.306 e. The van der Waals surface area contributed by atoms with Gasteiger partial charge in [-0.1, -0.05) is 23.2 Å². The highest BCUT2D eigenvalue weighted by molar-refractivity contribution is 6.34. The molecule has 0 atom stereocenters. The molecule has 0 fully saturated rings. The summed E-state index contributed by atoms with van der Waals surface area (Å²) in [7, 11) is 0. The van der Waals surface area contributed by atoms with E-state index in [0.717, 1.165) is 5.69 Å². The Kier molecular flexibility index (Phi) is 3.79. The Labute approximate surface area is 114 Å². The molecule has 0 spiro atoms. The summed E-state index contributed by atoms with van der Waals surface area (Å²) in [5.74, 6) is 0.0448. The van der Waals surface area contributed by atoms with Gasteiger partial charge >= 0.3 is 0 Å². The number of carbonyl (C=O) groups is 1. The lowest BCUT2D eigenvalue weighted by Gasteiger charge is -2.06. The molecule has 0 unspecified atom stereocenters. The normalized spacial score (nSPS) is 10.2. The van der Waals surface area contributed by atoms with Gasteiger partial charge in [0, 0.05) is 18.1 Å². The first-order chi connectivity index (χ1) is 8.56. The number of amides is 1. The molecule has 2 heterocycles. The molecule has 0 aliphatic carbocycles. The average Bonchev–Trinajstić information content (AvgIpc) is 2.32. The molecule has 0 bridgehead atoms. The summed E-state index contributed by atoms with van der Waals surface area (Å²) in [6.45, 7) is 1.80. The van der Waals surface area contributed by atoms with Crippen LogP contribution in [0, 0.1) is 6.92 Å². The number of hydrogen-bond acceptors (Lipinski definition) is 3. The molecule has 18 heavy (non-hydrogen) atoms. The monoisotopic (exact) mass is 281 g/mol. The van der Waals surface area contributed by atoms with Crippen LogP contribution in [0.4, 0.5) is 5.82 Å². The third-order valence-electron chi connectivity index (χ3n) is 2.20. The molecule has 2 aromatic heterocycles. The van der Waals surface area contributed by atoms with Crippen LogP contribution in [0.2, 0.25) is 10.0 Å². The number of aromatic nitrogens is 2. The molecule has 4 nitrogen and oxygen atoms in total. The average molecular weight is 282 g/mol. The highest BCUT2D eigenvalue weighted by atomic mass is 35.5. The maximum Gasteiger partial charge on any atom is 0.259 e. The van der Waals surface area contributed by atoms with Gasteiger partial charge in [-0.25, -0.2) is 4.98 Å². The molecule has 92 valence electrons. The molecule has 0 aromatic carbocycles. The number of pyridine rings is 2. The minimum Gasteiger partial charge on any atom is -0.306 e. The lowest BCUT2D eigenvalue weighted by atomic mass is 10.2. The smallest absolute Gasteiger partial charge is 0.259 e. The van der Waals surface area contributed by atoms with E-state index in [1.165, 1.54) is 12.4 Å². The Hall–Kier alpha value is -1.65. The second-order valence-corrected chi connectivity index (χ2v) is 4.46. The maximum atomic E-state index is 11.9. The Balaban J connectivity index is 2.19. The standard InChI is InChI=1S/C12H9Cl2N3O/c1-7-4-10(14)9(6-15-7)12(18)17-11-3-2-8(13)5-16-11/h2-6H,1H3,(H,16,17,18). The third-order valence-corrected chi connectivity index (χ3v) is 2.74. The maximum absolute atomic E-state index is 11.9. The van der Waals surface area contributed by atoms with Crippen LogP contribution < -0.4 is 5.32 Å². The SMILES string of the molecule is Cc1cc(Cl)c(C(=O)Nc2ccc(Cl)cn2)cn1. The van der Waals surface area contributed by atoms with E-state index in [1.807, 2.05) is 0 Å². The summed E-state index contributed by atoms with van der Waals surface area (Å²) < 4.78 is 0. The highest BCUT2D eigenvalue weighted by Gasteiger charge is 2.11. The van der Waals surface area contributed by atoms with E-state index in [0.29, 0.717) is 21.4 Å². The number of rotatable bonds is 2. The zero-order valence-corrected chi connectivity index (χ0v) is 11.0. The molecule has 0 aliphatic heterocycles. The van der Waals surface area contributed by atoms with Crippen molar-refractivity contribution < 1.29 is 4.79 Å².